The Morgan fingerprint density at radius 3 is 2.07 bits per heavy atom. The highest BCUT2D eigenvalue weighted by atomic mass is 127. The van der Waals surface area contributed by atoms with Crippen LogP contribution in [0.4, 0.5) is 4.79 Å². The highest BCUT2D eigenvalue weighted by Crippen LogP contribution is 2.11. The molecular formula is C19H26IN3O7. The quantitative estimate of drug-likeness (QED) is 0.155. The van der Waals surface area contributed by atoms with Crippen LogP contribution in [0.5, 0.6) is 0 Å². The SMILES string of the molecule is O=C(O)CCC(NC(=O)NC(CCCCNCc1ccccc1I)C(=O)O)C(=O)O. The summed E-state index contributed by atoms with van der Waals surface area (Å²) in [6.45, 7) is 1.38. The molecule has 1 rings (SSSR count). The summed E-state index contributed by atoms with van der Waals surface area (Å²) >= 11 is 2.26. The molecule has 2 unspecified atom stereocenters. The van der Waals surface area contributed by atoms with Crippen LogP contribution in [0.3, 0.4) is 0 Å². The minimum absolute atomic E-state index is 0.181. The second-order valence-electron chi connectivity index (χ2n) is 6.60. The molecule has 0 saturated heterocycles. The van der Waals surface area contributed by atoms with Gasteiger partial charge in [0.15, 0.2) is 0 Å². The van der Waals surface area contributed by atoms with Crippen LogP contribution in [0, 0.1) is 3.57 Å². The number of carboxylic acid groups (broad SMARTS) is 3. The summed E-state index contributed by atoms with van der Waals surface area (Å²) in [5.41, 5.74) is 1.18. The molecule has 0 spiro atoms. The standard InChI is InChI=1S/C19H26IN3O7/c20-13-6-2-1-5-12(13)11-21-10-4-3-7-14(17(26)27)22-19(30)23-15(18(28)29)8-9-16(24)25/h1-2,5-6,14-15,21H,3-4,7-11H2,(H,24,25)(H,26,27)(H,28,29)(H2,22,23,30). The number of hydrogen-bond acceptors (Lipinski definition) is 5. The van der Waals surface area contributed by atoms with Crippen LogP contribution in [0.1, 0.15) is 37.7 Å². The van der Waals surface area contributed by atoms with Crippen LogP contribution >= 0.6 is 22.6 Å². The lowest BCUT2D eigenvalue weighted by atomic mass is 10.1. The Kier molecular flexibility index (Phi) is 11.7. The number of urea groups is 1. The van der Waals surface area contributed by atoms with Gasteiger partial charge >= 0.3 is 23.9 Å². The number of carbonyl (C=O) groups excluding carboxylic acids is 1. The smallest absolute Gasteiger partial charge is 0.326 e. The zero-order valence-electron chi connectivity index (χ0n) is 16.3. The number of halogens is 1. The maximum absolute atomic E-state index is 11.9. The predicted molar refractivity (Wildman–Crippen MR) is 116 cm³/mol. The van der Waals surface area contributed by atoms with E-state index in [-0.39, 0.29) is 12.8 Å². The van der Waals surface area contributed by atoms with Crippen molar-refractivity contribution in [3.63, 3.8) is 0 Å². The number of carboxylic acids is 3. The molecule has 11 heteroatoms. The Morgan fingerprint density at radius 2 is 1.50 bits per heavy atom. The fraction of sp³-hybridized carbons (Fsp3) is 0.474. The lowest BCUT2D eigenvalue weighted by Crippen LogP contribution is -2.51. The lowest BCUT2D eigenvalue weighted by molar-refractivity contribution is -0.140. The van der Waals surface area contributed by atoms with Crippen LogP contribution in [0.2, 0.25) is 0 Å². The molecule has 2 atom stereocenters. The van der Waals surface area contributed by atoms with Crippen LogP contribution in [-0.2, 0) is 20.9 Å². The fourth-order valence-electron chi connectivity index (χ4n) is 2.60. The van der Waals surface area contributed by atoms with Gasteiger partial charge in [0.05, 0.1) is 0 Å². The largest absolute Gasteiger partial charge is 0.481 e. The van der Waals surface area contributed by atoms with Crippen molar-refractivity contribution in [1.82, 2.24) is 16.0 Å². The molecule has 0 saturated carbocycles. The zero-order chi connectivity index (χ0) is 22.5. The average molecular weight is 535 g/mol. The van der Waals surface area contributed by atoms with E-state index in [4.69, 9.17) is 10.2 Å². The van der Waals surface area contributed by atoms with Gasteiger partial charge in [0.1, 0.15) is 12.1 Å². The fourth-order valence-corrected chi connectivity index (χ4v) is 3.18. The molecule has 0 fully saturated rings. The summed E-state index contributed by atoms with van der Waals surface area (Å²) < 4.78 is 1.16. The molecule has 2 amide bonds. The van der Waals surface area contributed by atoms with Crippen LogP contribution in [0.25, 0.3) is 0 Å². The topological polar surface area (TPSA) is 165 Å². The number of aliphatic carboxylic acids is 3. The monoisotopic (exact) mass is 535 g/mol. The molecule has 10 nitrogen and oxygen atoms in total. The molecule has 30 heavy (non-hydrogen) atoms. The number of nitrogens with one attached hydrogen (secondary N) is 3. The molecule has 0 aliphatic rings. The van der Waals surface area contributed by atoms with E-state index in [1.165, 1.54) is 5.56 Å². The summed E-state index contributed by atoms with van der Waals surface area (Å²) in [4.78, 5) is 45.0. The predicted octanol–water partition coefficient (Wildman–Crippen LogP) is 1.62. The highest BCUT2D eigenvalue weighted by molar-refractivity contribution is 14.1. The molecule has 0 aromatic heterocycles. The van der Waals surface area contributed by atoms with Crippen LogP contribution in [0.15, 0.2) is 24.3 Å². The number of unbranched alkanes of at least 4 members (excludes halogenated alkanes) is 1. The maximum atomic E-state index is 11.9. The van der Waals surface area contributed by atoms with Gasteiger partial charge in [0, 0.05) is 16.5 Å². The summed E-state index contributed by atoms with van der Waals surface area (Å²) in [6.07, 6.45) is 0.682. The van der Waals surface area contributed by atoms with E-state index < -0.39 is 42.4 Å². The number of carbonyl (C=O) groups is 4. The third kappa shape index (κ3) is 10.4. The van der Waals surface area contributed by atoms with Crippen LogP contribution in [-0.4, -0.2) is 57.9 Å². The maximum Gasteiger partial charge on any atom is 0.326 e. The molecule has 1 aromatic carbocycles. The minimum atomic E-state index is -1.42. The van der Waals surface area contributed by atoms with Gasteiger partial charge in [-0.1, -0.05) is 18.2 Å². The average Bonchev–Trinajstić information content (AvgIpc) is 2.67. The normalized spacial score (nSPS) is 12.6. The first-order valence-electron chi connectivity index (χ1n) is 9.39. The Labute approximate surface area is 187 Å². The molecule has 6 N–H and O–H groups in total. The highest BCUT2D eigenvalue weighted by Gasteiger charge is 2.24. The molecule has 0 bridgehead atoms. The van der Waals surface area contributed by atoms with E-state index >= 15 is 0 Å². The Bertz CT molecular complexity index is 745. The number of amides is 2. The molecule has 0 aliphatic heterocycles. The van der Waals surface area contributed by atoms with Crippen molar-refractivity contribution >= 4 is 46.5 Å². The van der Waals surface area contributed by atoms with Gasteiger partial charge in [-0.05, 0) is 66.4 Å². The van der Waals surface area contributed by atoms with E-state index in [2.05, 4.69) is 38.5 Å². The van der Waals surface area contributed by atoms with E-state index in [1.807, 2.05) is 24.3 Å². The van der Waals surface area contributed by atoms with Crippen LogP contribution < -0.4 is 16.0 Å². The van der Waals surface area contributed by atoms with Crippen molar-refractivity contribution in [2.24, 2.45) is 0 Å². The molecule has 0 heterocycles. The third-order valence-corrected chi connectivity index (χ3v) is 5.28. The Balaban J connectivity index is 2.36. The summed E-state index contributed by atoms with van der Waals surface area (Å²) in [5, 5.41) is 34.6. The lowest BCUT2D eigenvalue weighted by Gasteiger charge is -2.18. The molecule has 166 valence electrons. The van der Waals surface area contributed by atoms with Gasteiger partial charge in [-0.15, -0.1) is 0 Å². The van der Waals surface area contributed by atoms with E-state index in [1.54, 1.807) is 0 Å². The van der Waals surface area contributed by atoms with E-state index in [9.17, 15) is 24.3 Å². The first-order chi connectivity index (χ1) is 14.2. The van der Waals surface area contributed by atoms with Gasteiger partial charge in [0.25, 0.3) is 0 Å². The molecule has 1 aromatic rings. The van der Waals surface area contributed by atoms with Crippen molar-refractivity contribution in [1.29, 1.82) is 0 Å². The van der Waals surface area contributed by atoms with Gasteiger partial charge in [-0.25, -0.2) is 14.4 Å². The van der Waals surface area contributed by atoms with Gasteiger partial charge in [-0.2, -0.15) is 0 Å². The van der Waals surface area contributed by atoms with Crippen molar-refractivity contribution in [3.05, 3.63) is 33.4 Å². The summed E-state index contributed by atoms with van der Waals surface area (Å²) in [5.74, 6) is -3.81. The molecule has 0 aliphatic carbocycles. The first kappa shape index (κ1) is 25.6. The van der Waals surface area contributed by atoms with Gasteiger partial charge < -0.3 is 31.3 Å². The van der Waals surface area contributed by atoms with Crippen molar-refractivity contribution < 1.29 is 34.5 Å². The number of hydrogen-bond donors (Lipinski definition) is 6. The number of rotatable bonds is 14. The second-order valence-corrected chi connectivity index (χ2v) is 7.76. The third-order valence-electron chi connectivity index (χ3n) is 4.22. The van der Waals surface area contributed by atoms with Crippen molar-refractivity contribution in [3.8, 4) is 0 Å². The van der Waals surface area contributed by atoms with Crippen molar-refractivity contribution in [2.45, 2.75) is 50.7 Å². The number of benzene rings is 1. The van der Waals surface area contributed by atoms with E-state index in [0.29, 0.717) is 25.9 Å². The second kappa shape index (κ2) is 13.7. The van der Waals surface area contributed by atoms with Gasteiger partial charge in [-0.3, -0.25) is 4.79 Å². The Hall–Kier alpha value is -2.41. The van der Waals surface area contributed by atoms with Gasteiger partial charge in [0.2, 0.25) is 0 Å². The van der Waals surface area contributed by atoms with E-state index in [0.717, 1.165) is 3.57 Å². The summed E-state index contributed by atoms with van der Waals surface area (Å²) in [6, 6.07) is 4.42. The summed E-state index contributed by atoms with van der Waals surface area (Å²) in [7, 11) is 0. The molecule has 0 radical (unpaired) electrons. The zero-order valence-corrected chi connectivity index (χ0v) is 18.4. The van der Waals surface area contributed by atoms with Crippen molar-refractivity contribution in [2.75, 3.05) is 6.54 Å². The Morgan fingerprint density at radius 1 is 0.900 bits per heavy atom. The molecular weight excluding hydrogens is 509 g/mol. The minimum Gasteiger partial charge on any atom is -0.481 e. The first-order valence-corrected chi connectivity index (χ1v) is 10.5.